The predicted molar refractivity (Wildman–Crippen MR) is 115 cm³/mol. The van der Waals surface area contributed by atoms with Gasteiger partial charge < -0.3 is 9.47 Å². The van der Waals surface area contributed by atoms with Crippen LogP contribution in [0.5, 0.6) is 11.5 Å². The van der Waals surface area contributed by atoms with Crippen LogP contribution >= 0.6 is 11.6 Å². The number of hydrogen-bond donors (Lipinski definition) is 1. The molecule has 0 fully saturated rings. The van der Waals surface area contributed by atoms with Crippen molar-refractivity contribution in [3.05, 3.63) is 70.3 Å². The Kier molecular flexibility index (Phi) is 6.72. The van der Waals surface area contributed by atoms with E-state index < -0.39 is 0 Å². The van der Waals surface area contributed by atoms with Crippen molar-refractivity contribution in [2.75, 3.05) is 12.6 Å². The minimum absolute atomic E-state index is 0.298. The van der Waals surface area contributed by atoms with E-state index in [0.717, 1.165) is 38.8 Å². The molecule has 29 heavy (non-hydrogen) atoms. The lowest BCUT2D eigenvalue weighted by Gasteiger charge is -2.17. The van der Waals surface area contributed by atoms with Gasteiger partial charge in [-0.1, -0.05) is 25.4 Å². The van der Waals surface area contributed by atoms with Crippen molar-refractivity contribution in [1.82, 2.24) is 14.9 Å². The molecule has 0 bridgehead atoms. The van der Waals surface area contributed by atoms with E-state index in [-0.39, 0.29) is 0 Å². The Morgan fingerprint density at radius 3 is 2.76 bits per heavy atom. The second-order valence-corrected chi connectivity index (χ2v) is 7.26. The first-order chi connectivity index (χ1) is 14.0. The topological polar surface area (TPSA) is 73.6 Å². The van der Waals surface area contributed by atoms with Crippen LogP contribution in [0.1, 0.15) is 42.0 Å². The maximum atomic E-state index is 6.29. The lowest BCUT2D eigenvalue weighted by atomic mass is 10.0. The molecular formula is C21H24ClN5O2. The molecular weight excluding hydrogens is 390 g/mol. The Bertz CT molecular complexity index is 987. The number of rotatable bonds is 8. The minimum Gasteiger partial charge on any atom is -0.496 e. The fourth-order valence-electron chi connectivity index (χ4n) is 2.82. The zero-order valence-corrected chi connectivity index (χ0v) is 17.6. The Morgan fingerprint density at radius 2 is 2.07 bits per heavy atom. The number of hydrazone groups is 1. The van der Waals surface area contributed by atoms with Crippen molar-refractivity contribution in [2.24, 2.45) is 5.10 Å². The van der Waals surface area contributed by atoms with Crippen LogP contribution in [0.25, 0.3) is 0 Å². The van der Waals surface area contributed by atoms with E-state index >= 15 is 0 Å². The van der Waals surface area contributed by atoms with E-state index in [4.69, 9.17) is 21.1 Å². The van der Waals surface area contributed by atoms with Crippen LogP contribution in [0.3, 0.4) is 0 Å². The summed E-state index contributed by atoms with van der Waals surface area (Å²) in [5, 5.41) is 8.82. The second kappa shape index (κ2) is 9.43. The van der Waals surface area contributed by atoms with Crippen molar-refractivity contribution < 1.29 is 9.47 Å². The van der Waals surface area contributed by atoms with E-state index in [0.29, 0.717) is 12.5 Å². The van der Waals surface area contributed by atoms with Gasteiger partial charge in [0.05, 0.1) is 13.3 Å². The molecule has 0 saturated carbocycles. The average Bonchev–Trinajstić information content (AvgIpc) is 3.22. The summed E-state index contributed by atoms with van der Waals surface area (Å²) in [5.41, 5.74) is 6.62. The third-order valence-electron chi connectivity index (χ3n) is 4.39. The van der Waals surface area contributed by atoms with Crippen molar-refractivity contribution in [2.45, 2.75) is 33.3 Å². The number of hydrogen-bond acceptors (Lipinski definition) is 6. The van der Waals surface area contributed by atoms with E-state index in [9.17, 15) is 0 Å². The van der Waals surface area contributed by atoms with Gasteiger partial charge in [-0.05, 0) is 59.9 Å². The molecule has 152 valence electrons. The molecule has 0 aliphatic rings. The highest BCUT2D eigenvalue weighted by Crippen LogP contribution is 2.33. The van der Waals surface area contributed by atoms with Crippen molar-refractivity contribution >= 4 is 17.8 Å². The molecule has 1 aromatic heterocycles. The zero-order valence-electron chi connectivity index (χ0n) is 16.9. The number of aryl methyl sites for hydroxylation is 1. The molecule has 0 aliphatic carbocycles. The van der Waals surface area contributed by atoms with Crippen molar-refractivity contribution in [3.8, 4) is 11.5 Å². The third-order valence-corrected chi connectivity index (χ3v) is 4.80. The van der Waals surface area contributed by atoms with Crippen LogP contribution in [0.15, 0.2) is 48.1 Å². The predicted octanol–water partition coefficient (Wildman–Crippen LogP) is 4.53. The molecule has 3 rings (SSSR count). The Morgan fingerprint density at radius 1 is 1.24 bits per heavy atom. The van der Waals surface area contributed by atoms with Crippen LogP contribution in [0.4, 0.5) is 0 Å². The molecule has 0 unspecified atom stereocenters. The quantitative estimate of drug-likeness (QED) is 0.434. The number of benzene rings is 2. The summed E-state index contributed by atoms with van der Waals surface area (Å²) in [6.45, 7) is 6.57. The number of nitrogens with zero attached hydrogens (tertiary/aromatic N) is 4. The summed E-state index contributed by atoms with van der Waals surface area (Å²) in [7, 11) is 1.64. The Labute approximate surface area is 175 Å². The van der Waals surface area contributed by atoms with E-state index in [1.165, 1.54) is 17.4 Å². The summed E-state index contributed by atoms with van der Waals surface area (Å²) < 4.78 is 11.6. The minimum atomic E-state index is 0.298. The van der Waals surface area contributed by atoms with Crippen LogP contribution in [-0.4, -0.2) is 28.2 Å². The van der Waals surface area contributed by atoms with Gasteiger partial charge in [0.25, 0.3) is 0 Å². The summed E-state index contributed by atoms with van der Waals surface area (Å²) in [6, 6.07) is 9.75. The number of ether oxygens (including phenoxy) is 2. The number of nitrogens with one attached hydrogen (secondary N) is 1. The summed E-state index contributed by atoms with van der Waals surface area (Å²) in [5.74, 6) is 1.88. The monoisotopic (exact) mass is 413 g/mol. The normalized spacial score (nSPS) is 11.2. The summed E-state index contributed by atoms with van der Waals surface area (Å²) in [6.07, 6.45) is 4.64. The highest BCUT2D eigenvalue weighted by molar-refractivity contribution is 6.31. The molecule has 0 radical (unpaired) electrons. The molecule has 0 amide bonds. The van der Waals surface area contributed by atoms with Gasteiger partial charge in [-0.2, -0.15) is 10.6 Å². The van der Waals surface area contributed by atoms with Gasteiger partial charge in [0.2, 0.25) is 0 Å². The first-order valence-corrected chi connectivity index (χ1v) is 9.59. The van der Waals surface area contributed by atoms with Crippen molar-refractivity contribution in [1.29, 1.82) is 0 Å². The van der Waals surface area contributed by atoms with Crippen LogP contribution < -0.4 is 15.0 Å². The van der Waals surface area contributed by atoms with Gasteiger partial charge in [-0.3, -0.25) is 0 Å². The van der Waals surface area contributed by atoms with Crippen LogP contribution in [-0.2, 0) is 6.61 Å². The third kappa shape index (κ3) is 5.26. The van der Waals surface area contributed by atoms with E-state index in [1.807, 2.05) is 37.3 Å². The Hall–Kier alpha value is -3.06. The molecule has 0 aliphatic heterocycles. The summed E-state index contributed by atoms with van der Waals surface area (Å²) >= 11 is 6.29. The first kappa shape index (κ1) is 20.7. The lowest BCUT2D eigenvalue weighted by Crippen LogP contribution is -2.08. The molecule has 1 N–H and O–H groups in total. The maximum absolute atomic E-state index is 6.29. The van der Waals surface area contributed by atoms with Gasteiger partial charge in [0.15, 0.2) is 0 Å². The van der Waals surface area contributed by atoms with Gasteiger partial charge in [0.1, 0.15) is 30.8 Å². The SMILES string of the molecule is COc1ccc(/C=N/Nn2cncn2)cc1COc1cc(C)c(Cl)cc1C(C)C. The molecule has 0 atom stereocenters. The van der Waals surface area contributed by atoms with Gasteiger partial charge in [0, 0.05) is 10.6 Å². The second-order valence-electron chi connectivity index (χ2n) is 6.85. The van der Waals surface area contributed by atoms with E-state index in [2.05, 4.69) is 34.6 Å². The van der Waals surface area contributed by atoms with E-state index in [1.54, 1.807) is 13.3 Å². The average molecular weight is 414 g/mol. The molecule has 8 heteroatoms. The Balaban J connectivity index is 1.78. The number of halogens is 1. The largest absolute Gasteiger partial charge is 0.496 e. The fraction of sp³-hybridized carbons (Fsp3) is 0.286. The molecule has 3 aromatic rings. The van der Waals surface area contributed by atoms with Crippen molar-refractivity contribution in [3.63, 3.8) is 0 Å². The highest BCUT2D eigenvalue weighted by atomic mass is 35.5. The smallest absolute Gasteiger partial charge is 0.139 e. The highest BCUT2D eigenvalue weighted by Gasteiger charge is 2.13. The van der Waals surface area contributed by atoms with Crippen LogP contribution in [0.2, 0.25) is 5.02 Å². The zero-order chi connectivity index (χ0) is 20.8. The maximum Gasteiger partial charge on any atom is 0.139 e. The lowest BCUT2D eigenvalue weighted by molar-refractivity contribution is 0.292. The molecule has 1 heterocycles. The van der Waals surface area contributed by atoms with Gasteiger partial charge in [-0.25, -0.2) is 4.98 Å². The number of aromatic nitrogens is 3. The van der Waals surface area contributed by atoms with Gasteiger partial charge in [-0.15, -0.1) is 9.89 Å². The molecule has 0 spiro atoms. The van der Waals surface area contributed by atoms with Crippen LogP contribution in [0, 0.1) is 6.92 Å². The van der Waals surface area contributed by atoms with Gasteiger partial charge >= 0.3 is 0 Å². The molecule has 7 nitrogen and oxygen atoms in total. The fourth-order valence-corrected chi connectivity index (χ4v) is 2.99. The first-order valence-electron chi connectivity index (χ1n) is 9.21. The number of methoxy groups -OCH3 is 1. The molecule has 0 saturated heterocycles. The standard InChI is InChI=1S/C21H24ClN5O2/c1-14(2)18-9-19(22)15(3)7-21(18)29-11-17-8-16(5-6-20(17)28-4)10-24-26-27-13-23-12-25-27/h5-10,12-14,26H,11H2,1-4H3/b24-10+. The summed E-state index contributed by atoms with van der Waals surface area (Å²) in [4.78, 5) is 5.25. The molecule has 2 aromatic carbocycles.